The molecule has 1 fully saturated rings. The zero-order chi connectivity index (χ0) is 20.4. The molecule has 5 nitrogen and oxygen atoms in total. The summed E-state index contributed by atoms with van der Waals surface area (Å²) < 4.78 is 14.9. The van der Waals surface area contributed by atoms with E-state index in [2.05, 4.69) is 16.9 Å². The molecule has 1 atom stereocenters. The van der Waals surface area contributed by atoms with E-state index in [-0.39, 0.29) is 17.8 Å². The molecule has 29 heavy (non-hydrogen) atoms. The number of hydrogen-bond acceptors (Lipinski definition) is 3. The number of piperazine rings is 1. The van der Waals surface area contributed by atoms with Crippen LogP contribution in [0.1, 0.15) is 29.0 Å². The van der Waals surface area contributed by atoms with Crippen LogP contribution in [0.25, 0.3) is 5.69 Å². The van der Waals surface area contributed by atoms with Crippen LogP contribution in [-0.2, 0) is 0 Å². The molecule has 0 saturated carbocycles. The van der Waals surface area contributed by atoms with Crippen LogP contribution < -0.4 is 0 Å². The van der Waals surface area contributed by atoms with Crippen molar-refractivity contribution in [2.75, 3.05) is 26.2 Å². The van der Waals surface area contributed by atoms with Crippen molar-refractivity contribution in [2.45, 2.75) is 13.0 Å². The second-order valence-electron chi connectivity index (χ2n) is 7.15. The van der Waals surface area contributed by atoms with Gasteiger partial charge in [0.2, 0.25) is 0 Å². The first-order valence-corrected chi connectivity index (χ1v) is 10.00. The molecule has 0 bridgehead atoms. The van der Waals surface area contributed by atoms with E-state index in [9.17, 15) is 9.18 Å². The second-order valence-corrected chi connectivity index (χ2v) is 7.56. The van der Waals surface area contributed by atoms with Crippen molar-refractivity contribution in [3.63, 3.8) is 0 Å². The van der Waals surface area contributed by atoms with Crippen molar-refractivity contribution in [1.29, 1.82) is 0 Å². The Labute approximate surface area is 174 Å². The minimum Gasteiger partial charge on any atom is -0.335 e. The lowest BCUT2D eigenvalue weighted by Gasteiger charge is -2.38. The molecular weight excluding hydrogens is 391 g/mol. The Bertz CT molecular complexity index is 1010. The number of nitrogens with zero attached hydrogens (tertiary/aromatic N) is 4. The van der Waals surface area contributed by atoms with Crippen LogP contribution in [0.3, 0.4) is 0 Å². The fourth-order valence-corrected chi connectivity index (χ4v) is 3.98. The predicted octanol–water partition coefficient (Wildman–Crippen LogP) is 4.18. The maximum atomic E-state index is 13.4. The Morgan fingerprint density at radius 3 is 2.55 bits per heavy atom. The maximum Gasteiger partial charge on any atom is 0.274 e. The number of halogens is 2. The molecule has 1 aliphatic rings. The van der Waals surface area contributed by atoms with Crippen LogP contribution in [-0.4, -0.2) is 51.7 Å². The van der Waals surface area contributed by atoms with Gasteiger partial charge < -0.3 is 4.90 Å². The monoisotopic (exact) mass is 412 g/mol. The van der Waals surface area contributed by atoms with Crippen molar-refractivity contribution in [1.82, 2.24) is 19.6 Å². The van der Waals surface area contributed by atoms with E-state index < -0.39 is 0 Å². The van der Waals surface area contributed by atoms with Crippen molar-refractivity contribution < 1.29 is 9.18 Å². The Balaban J connectivity index is 1.40. The van der Waals surface area contributed by atoms with Gasteiger partial charge in [-0.05, 0) is 42.8 Å². The largest absolute Gasteiger partial charge is 0.335 e. The van der Waals surface area contributed by atoms with E-state index >= 15 is 0 Å². The zero-order valence-electron chi connectivity index (χ0n) is 16.1. The molecule has 1 unspecified atom stereocenters. The quantitative estimate of drug-likeness (QED) is 0.645. The number of hydrogen-bond donors (Lipinski definition) is 0. The van der Waals surface area contributed by atoms with E-state index in [4.69, 9.17) is 11.6 Å². The molecular formula is C22H22ClFN4O. The molecule has 0 radical (unpaired) electrons. The number of amides is 1. The molecule has 1 aromatic heterocycles. The smallest absolute Gasteiger partial charge is 0.274 e. The van der Waals surface area contributed by atoms with Gasteiger partial charge in [0.15, 0.2) is 5.69 Å². The first-order chi connectivity index (χ1) is 14.0. The number of benzene rings is 2. The van der Waals surface area contributed by atoms with E-state index in [0.29, 0.717) is 24.5 Å². The SMILES string of the molecule is CC(c1ccccc1Cl)N1CCN(C(=O)c2ccn(-c3cccc(F)c3)n2)CC1. The average Bonchev–Trinajstić information content (AvgIpc) is 3.24. The average molecular weight is 413 g/mol. The first-order valence-electron chi connectivity index (χ1n) is 9.62. The first kappa shape index (κ1) is 19.6. The Hall–Kier alpha value is -2.70. The van der Waals surface area contributed by atoms with Gasteiger partial charge in [-0.1, -0.05) is 35.9 Å². The fourth-order valence-electron chi connectivity index (χ4n) is 3.69. The highest BCUT2D eigenvalue weighted by molar-refractivity contribution is 6.31. The van der Waals surface area contributed by atoms with E-state index in [0.717, 1.165) is 23.7 Å². The number of rotatable bonds is 4. The van der Waals surface area contributed by atoms with Gasteiger partial charge >= 0.3 is 0 Å². The summed E-state index contributed by atoms with van der Waals surface area (Å²) in [5.41, 5.74) is 2.05. The number of aromatic nitrogens is 2. The molecule has 0 N–H and O–H groups in total. The molecule has 4 rings (SSSR count). The van der Waals surface area contributed by atoms with Gasteiger partial charge in [-0.3, -0.25) is 9.69 Å². The summed E-state index contributed by atoms with van der Waals surface area (Å²) >= 11 is 6.33. The zero-order valence-corrected chi connectivity index (χ0v) is 16.9. The third-order valence-electron chi connectivity index (χ3n) is 5.39. The predicted molar refractivity (Wildman–Crippen MR) is 111 cm³/mol. The maximum absolute atomic E-state index is 13.4. The second kappa shape index (κ2) is 8.35. The lowest BCUT2D eigenvalue weighted by atomic mass is 10.1. The minimum absolute atomic E-state index is 0.106. The minimum atomic E-state index is -0.338. The standard InChI is InChI=1S/C22H22ClFN4O/c1-16(19-7-2-3-8-20(19)23)26-11-13-27(14-12-26)22(29)21-9-10-28(25-21)18-6-4-5-17(24)15-18/h2-10,15-16H,11-14H2,1H3. The molecule has 3 aromatic rings. The molecule has 1 aliphatic heterocycles. The Morgan fingerprint density at radius 2 is 1.83 bits per heavy atom. The van der Waals surface area contributed by atoms with Crippen molar-refractivity contribution in [3.8, 4) is 5.69 Å². The van der Waals surface area contributed by atoms with Crippen LogP contribution in [0.2, 0.25) is 5.02 Å². The van der Waals surface area contributed by atoms with Gasteiger partial charge in [0.25, 0.3) is 5.91 Å². The molecule has 2 heterocycles. The molecule has 2 aromatic carbocycles. The van der Waals surface area contributed by atoms with Crippen LogP contribution in [0.5, 0.6) is 0 Å². The summed E-state index contributed by atoms with van der Waals surface area (Å²) in [5, 5.41) is 5.10. The molecule has 0 aliphatic carbocycles. The summed E-state index contributed by atoms with van der Waals surface area (Å²) in [7, 11) is 0. The van der Waals surface area contributed by atoms with Gasteiger partial charge in [0.05, 0.1) is 5.69 Å². The third kappa shape index (κ3) is 4.18. The summed E-state index contributed by atoms with van der Waals surface area (Å²) in [6, 6.07) is 15.9. The number of carbonyl (C=O) groups is 1. The van der Waals surface area contributed by atoms with Crippen LogP contribution in [0, 0.1) is 5.82 Å². The summed E-state index contributed by atoms with van der Waals surface area (Å²) in [6.45, 7) is 4.92. The Morgan fingerprint density at radius 1 is 1.07 bits per heavy atom. The van der Waals surface area contributed by atoms with Gasteiger partial charge in [-0.2, -0.15) is 5.10 Å². The van der Waals surface area contributed by atoms with E-state index in [1.54, 1.807) is 24.4 Å². The molecule has 150 valence electrons. The molecule has 0 spiro atoms. The topological polar surface area (TPSA) is 41.4 Å². The summed E-state index contributed by atoms with van der Waals surface area (Å²) in [4.78, 5) is 17.0. The van der Waals surface area contributed by atoms with Gasteiger partial charge in [-0.15, -0.1) is 0 Å². The number of carbonyl (C=O) groups excluding carboxylic acids is 1. The highest BCUT2D eigenvalue weighted by Gasteiger charge is 2.27. The van der Waals surface area contributed by atoms with Crippen molar-refractivity contribution in [3.05, 3.63) is 82.9 Å². The van der Waals surface area contributed by atoms with Crippen LogP contribution >= 0.6 is 11.6 Å². The van der Waals surface area contributed by atoms with Crippen molar-refractivity contribution >= 4 is 17.5 Å². The summed E-state index contributed by atoms with van der Waals surface area (Å²) in [6.07, 6.45) is 1.68. The Kier molecular flexibility index (Phi) is 5.65. The highest BCUT2D eigenvalue weighted by Crippen LogP contribution is 2.28. The van der Waals surface area contributed by atoms with Gasteiger partial charge in [0, 0.05) is 43.4 Å². The molecule has 7 heteroatoms. The third-order valence-corrected chi connectivity index (χ3v) is 5.73. The molecule has 1 amide bonds. The van der Waals surface area contributed by atoms with Crippen molar-refractivity contribution in [2.24, 2.45) is 0 Å². The summed E-state index contributed by atoms with van der Waals surface area (Å²) in [5.74, 6) is -0.445. The van der Waals surface area contributed by atoms with Crippen LogP contribution in [0.4, 0.5) is 4.39 Å². The van der Waals surface area contributed by atoms with Gasteiger partial charge in [-0.25, -0.2) is 9.07 Å². The van der Waals surface area contributed by atoms with E-state index in [1.165, 1.54) is 16.8 Å². The lowest BCUT2D eigenvalue weighted by Crippen LogP contribution is -2.49. The highest BCUT2D eigenvalue weighted by atomic mass is 35.5. The molecule has 1 saturated heterocycles. The fraction of sp³-hybridized carbons (Fsp3) is 0.273. The lowest BCUT2D eigenvalue weighted by molar-refractivity contribution is 0.0576. The normalized spacial score (nSPS) is 16.0. The van der Waals surface area contributed by atoms with Gasteiger partial charge in [0.1, 0.15) is 5.82 Å². The van der Waals surface area contributed by atoms with E-state index in [1.807, 2.05) is 29.2 Å². The van der Waals surface area contributed by atoms with Crippen LogP contribution in [0.15, 0.2) is 60.8 Å².